The minimum absolute atomic E-state index is 0.125. The molecule has 3 heteroatoms. The Balaban J connectivity index is 2.22. The van der Waals surface area contributed by atoms with Crippen LogP contribution in [0.3, 0.4) is 0 Å². The van der Waals surface area contributed by atoms with Crippen LogP contribution in [0.25, 0.3) is 0 Å². The molecule has 2 N–H and O–H groups in total. The zero-order chi connectivity index (χ0) is 15.1. The summed E-state index contributed by atoms with van der Waals surface area (Å²) in [6.07, 6.45) is 0.791. The van der Waals surface area contributed by atoms with E-state index < -0.39 is 0 Å². The fraction of sp³-hybridized carbons (Fsp3) is 0.167. The molecule has 0 atom stereocenters. The first kappa shape index (κ1) is 14.8. The number of hydrogen-bond donors (Lipinski definition) is 2. The highest BCUT2D eigenvalue weighted by Gasteiger charge is 2.08. The van der Waals surface area contributed by atoms with Crippen LogP contribution in [0.2, 0.25) is 0 Å². The lowest BCUT2D eigenvalue weighted by Crippen LogP contribution is -2.13. The Morgan fingerprint density at radius 1 is 1.19 bits per heavy atom. The van der Waals surface area contributed by atoms with Gasteiger partial charge in [0, 0.05) is 16.8 Å². The van der Waals surface area contributed by atoms with Crippen molar-refractivity contribution in [2.24, 2.45) is 0 Å². The molecule has 0 aliphatic heterocycles. The van der Waals surface area contributed by atoms with Crippen molar-refractivity contribution in [1.29, 1.82) is 0 Å². The first-order valence-corrected chi connectivity index (χ1v) is 6.83. The first-order valence-electron chi connectivity index (χ1n) is 6.83. The Bertz CT molecular complexity index is 681. The molecule has 0 aromatic heterocycles. The molecule has 0 saturated heterocycles. The van der Waals surface area contributed by atoms with Crippen molar-refractivity contribution >= 4 is 11.6 Å². The molecule has 0 aliphatic carbocycles. The number of aryl methyl sites for hydroxylation is 1. The second-order valence-electron chi connectivity index (χ2n) is 4.51. The number of carbonyl (C=O) groups is 1. The number of amides is 1. The molecular weight excluding hydrogens is 262 g/mol. The number of hydrogen-bond acceptors (Lipinski definition) is 2. The molecule has 21 heavy (non-hydrogen) atoms. The minimum Gasteiger partial charge on any atom is -0.384 e. The van der Waals surface area contributed by atoms with E-state index >= 15 is 0 Å². The summed E-state index contributed by atoms with van der Waals surface area (Å²) in [6.45, 7) is 1.87. The van der Waals surface area contributed by atoms with Crippen molar-refractivity contribution < 1.29 is 9.90 Å². The Hall–Kier alpha value is -2.57. The van der Waals surface area contributed by atoms with Gasteiger partial charge in [0.1, 0.15) is 6.61 Å². The highest BCUT2D eigenvalue weighted by Crippen LogP contribution is 2.19. The monoisotopic (exact) mass is 279 g/mol. The van der Waals surface area contributed by atoms with E-state index in [0.717, 1.165) is 23.2 Å². The average molecular weight is 279 g/mol. The van der Waals surface area contributed by atoms with Gasteiger partial charge < -0.3 is 10.4 Å². The second-order valence-corrected chi connectivity index (χ2v) is 4.51. The molecule has 106 valence electrons. The van der Waals surface area contributed by atoms with Crippen molar-refractivity contribution in [3.8, 4) is 11.8 Å². The predicted molar refractivity (Wildman–Crippen MR) is 84.2 cm³/mol. The van der Waals surface area contributed by atoms with Gasteiger partial charge in [0.25, 0.3) is 5.91 Å². The summed E-state index contributed by atoms with van der Waals surface area (Å²) in [5.41, 5.74) is 3.27. The van der Waals surface area contributed by atoms with Crippen LogP contribution < -0.4 is 5.32 Å². The third-order valence-corrected chi connectivity index (χ3v) is 3.08. The maximum atomic E-state index is 12.2. The van der Waals surface area contributed by atoms with E-state index in [1.165, 1.54) is 0 Å². The number of rotatable bonds is 3. The van der Waals surface area contributed by atoms with Gasteiger partial charge in [-0.05, 0) is 42.3 Å². The summed E-state index contributed by atoms with van der Waals surface area (Å²) in [5, 5.41) is 11.6. The van der Waals surface area contributed by atoms with E-state index in [1.807, 2.05) is 43.3 Å². The van der Waals surface area contributed by atoms with E-state index in [-0.39, 0.29) is 12.5 Å². The highest BCUT2D eigenvalue weighted by atomic mass is 16.2. The lowest BCUT2D eigenvalue weighted by atomic mass is 10.1. The van der Waals surface area contributed by atoms with Crippen LogP contribution in [-0.4, -0.2) is 17.6 Å². The molecule has 2 aromatic rings. The molecule has 0 unspecified atom stereocenters. The number of carbonyl (C=O) groups excluding carboxylic acids is 1. The molecule has 1 amide bonds. The summed E-state index contributed by atoms with van der Waals surface area (Å²) < 4.78 is 0. The fourth-order valence-electron chi connectivity index (χ4n) is 2.01. The van der Waals surface area contributed by atoms with Gasteiger partial charge in [-0.2, -0.15) is 0 Å². The molecule has 0 fully saturated rings. The van der Waals surface area contributed by atoms with Crippen LogP contribution in [0.1, 0.15) is 28.4 Å². The fourth-order valence-corrected chi connectivity index (χ4v) is 2.01. The molecule has 0 aliphatic rings. The molecule has 0 bridgehead atoms. The van der Waals surface area contributed by atoms with Crippen LogP contribution in [-0.2, 0) is 6.42 Å². The topological polar surface area (TPSA) is 49.3 Å². The van der Waals surface area contributed by atoms with E-state index in [1.54, 1.807) is 12.1 Å². The van der Waals surface area contributed by atoms with Crippen LogP contribution >= 0.6 is 0 Å². The molecule has 3 nitrogen and oxygen atoms in total. The normalized spacial score (nSPS) is 9.62. The minimum atomic E-state index is -0.159. The molecule has 0 saturated carbocycles. The molecular formula is C18H17NO2. The van der Waals surface area contributed by atoms with Crippen LogP contribution in [0.15, 0.2) is 48.5 Å². The smallest absolute Gasteiger partial charge is 0.255 e. The van der Waals surface area contributed by atoms with Gasteiger partial charge in [0.15, 0.2) is 0 Å². The summed E-state index contributed by atoms with van der Waals surface area (Å²) in [7, 11) is 0. The van der Waals surface area contributed by atoms with Gasteiger partial charge in [-0.3, -0.25) is 4.79 Å². The largest absolute Gasteiger partial charge is 0.384 e. The standard InChI is InChI=1S/C18H17NO2/c1-2-15-13-14(7-6-12-20)10-11-17(15)19-18(21)16-8-4-3-5-9-16/h3-5,8-11,13,20H,2,12H2,1H3,(H,19,21). The number of aliphatic hydroxyl groups excluding tert-OH is 1. The van der Waals surface area contributed by atoms with Gasteiger partial charge >= 0.3 is 0 Å². The summed E-state index contributed by atoms with van der Waals surface area (Å²) in [4.78, 5) is 12.2. The quantitative estimate of drug-likeness (QED) is 0.849. The number of anilines is 1. The third-order valence-electron chi connectivity index (χ3n) is 3.08. The van der Waals surface area contributed by atoms with Crippen molar-refractivity contribution in [2.75, 3.05) is 11.9 Å². The third kappa shape index (κ3) is 3.95. The summed E-state index contributed by atoms with van der Waals surface area (Å²) >= 11 is 0. The van der Waals surface area contributed by atoms with E-state index in [4.69, 9.17) is 5.11 Å². The number of nitrogens with one attached hydrogen (secondary N) is 1. The lowest BCUT2D eigenvalue weighted by molar-refractivity contribution is 0.102. The molecule has 2 aromatic carbocycles. The summed E-state index contributed by atoms with van der Waals surface area (Å²) in [5.74, 6) is 5.36. The van der Waals surface area contributed by atoms with Gasteiger partial charge in [0.05, 0.1) is 0 Å². The van der Waals surface area contributed by atoms with Crippen LogP contribution in [0, 0.1) is 11.8 Å². The van der Waals surface area contributed by atoms with Gasteiger partial charge in [0.2, 0.25) is 0 Å². The summed E-state index contributed by atoms with van der Waals surface area (Å²) in [6, 6.07) is 14.7. The van der Waals surface area contributed by atoms with Gasteiger partial charge in [-0.25, -0.2) is 0 Å². The van der Waals surface area contributed by atoms with E-state index in [0.29, 0.717) is 5.56 Å². The number of benzene rings is 2. The van der Waals surface area contributed by atoms with Gasteiger partial charge in [-0.15, -0.1) is 0 Å². The Morgan fingerprint density at radius 3 is 2.62 bits per heavy atom. The van der Waals surface area contributed by atoms with E-state index in [9.17, 15) is 4.79 Å². The molecule has 0 radical (unpaired) electrons. The number of aliphatic hydroxyl groups is 1. The second kappa shape index (κ2) is 7.28. The maximum absolute atomic E-state index is 12.2. The first-order chi connectivity index (χ1) is 10.2. The van der Waals surface area contributed by atoms with E-state index in [2.05, 4.69) is 17.2 Å². The Morgan fingerprint density at radius 2 is 1.95 bits per heavy atom. The zero-order valence-corrected chi connectivity index (χ0v) is 11.9. The Labute approximate surface area is 124 Å². The lowest BCUT2D eigenvalue weighted by Gasteiger charge is -2.10. The van der Waals surface area contributed by atoms with Gasteiger partial charge in [-0.1, -0.05) is 37.0 Å². The average Bonchev–Trinajstić information content (AvgIpc) is 2.54. The van der Waals surface area contributed by atoms with Crippen molar-refractivity contribution in [1.82, 2.24) is 0 Å². The molecule has 0 heterocycles. The predicted octanol–water partition coefficient (Wildman–Crippen LogP) is 2.85. The van der Waals surface area contributed by atoms with Crippen molar-refractivity contribution in [3.05, 3.63) is 65.2 Å². The molecule has 0 spiro atoms. The maximum Gasteiger partial charge on any atom is 0.255 e. The zero-order valence-electron chi connectivity index (χ0n) is 11.9. The van der Waals surface area contributed by atoms with Crippen LogP contribution in [0.4, 0.5) is 5.69 Å². The molecule has 2 rings (SSSR count). The SMILES string of the molecule is CCc1cc(C#CCO)ccc1NC(=O)c1ccccc1. The van der Waals surface area contributed by atoms with Crippen molar-refractivity contribution in [2.45, 2.75) is 13.3 Å². The highest BCUT2D eigenvalue weighted by molar-refractivity contribution is 6.04. The van der Waals surface area contributed by atoms with Crippen LogP contribution in [0.5, 0.6) is 0 Å². The Kier molecular flexibility index (Phi) is 5.14. The van der Waals surface area contributed by atoms with Crippen molar-refractivity contribution in [3.63, 3.8) is 0 Å².